The largest absolute Gasteiger partial charge is 0.493 e. The van der Waals surface area contributed by atoms with Gasteiger partial charge in [0, 0.05) is 24.2 Å². The van der Waals surface area contributed by atoms with E-state index in [0.29, 0.717) is 17.0 Å². The van der Waals surface area contributed by atoms with Gasteiger partial charge in [-0.2, -0.15) is 0 Å². The minimum atomic E-state index is -0.510. The normalized spacial score (nSPS) is 9.89. The molecule has 0 saturated carbocycles. The summed E-state index contributed by atoms with van der Waals surface area (Å²) < 4.78 is 19.9. The molecule has 0 fully saturated rings. The van der Waals surface area contributed by atoms with Crippen molar-refractivity contribution >= 4 is 23.5 Å². The fourth-order valence-electron chi connectivity index (χ4n) is 2.12. The summed E-state index contributed by atoms with van der Waals surface area (Å²) in [5.74, 6) is -0.514. The highest BCUT2D eigenvalue weighted by Gasteiger charge is 2.13. The van der Waals surface area contributed by atoms with E-state index in [0.717, 1.165) is 0 Å². The molecule has 27 heavy (non-hydrogen) atoms. The molecule has 0 atom stereocenters. The van der Waals surface area contributed by atoms with Gasteiger partial charge in [0.1, 0.15) is 5.75 Å². The number of rotatable bonds is 7. The van der Waals surface area contributed by atoms with Crippen LogP contribution in [0.2, 0.25) is 0 Å². The molecule has 0 aliphatic heterocycles. The van der Waals surface area contributed by atoms with Crippen LogP contribution in [0.3, 0.4) is 0 Å². The SMILES string of the molecule is COC(=O)COc1cccc(NC(=O)c2ccc(OC(C)=O)c(OC)c2)c1. The van der Waals surface area contributed by atoms with Gasteiger partial charge in [-0.15, -0.1) is 0 Å². The Morgan fingerprint density at radius 1 is 1.00 bits per heavy atom. The maximum atomic E-state index is 12.5. The monoisotopic (exact) mass is 373 g/mol. The lowest BCUT2D eigenvalue weighted by molar-refractivity contribution is -0.143. The Bertz CT molecular complexity index is 848. The fraction of sp³-hybridized carbons (Fsp3) is 0.211. The number of hydrogen-bond acceptors (Lipinski definition) is 7. The number of carbonyl (C=O) groups is 3. The van der Waals surface area contributed by atoms with Crippen molar-refractivity contribution in [1.29, 1.82) is 0 Å². The van der Waals surface area contributed by atoms with Gasteiger partial charge in [-0.3, -0.25) is 9.59 Å². The van der Waals surface area contributed by atoms with Crippen LogP contribution in [0.4, 0.5) is 5.69 Å². The molecule has 0 heterocycles. The lowest BCUT2D eigenvalue weighted by Crippen LogP contribution is -2.14. The first-order valence-corrected chi connectivity index (χ1v) is 7.90. The number of hydrogen-bond donors (Lipinski definition) is 1. The molecule has 2 aromatic carbocycles. The number of esters is 2. The third-order valence-corrected chi connectivity index (χ3v) is 3.36. The van der Waals surface area contributed by atoms with Crippen LogP contribution < -0.4 is 19.5 Å². The van der Waals surface area contributed by atoms with Gasteiger partial charge >= 0.3 is 11.9 Å². The maximum Gasteiger partial charge on any atom is 0.343 e. The first kappa shape index (κ1) is 19.8. The van der Waals surface area contributed by atoms with E-state index < -0.39 is 17.8 Å². The molecule has 0 aliphatic carbocycles. The zero-order valence-corrected chi connectivity index (χ0v) is 15.1. The molecule has 8 nitrogen and oxygen atoms in total. The lowest BCUT2D eigenvalue weighted by atomic mass is 10.1. The Hall–Kier alpha value is -3.55. The van der Waals surface area contributed by atoms with Crippen molar-refractivity contribution in [1.82, 2.24) is 0 Å². The number of benzene rings is 2. The second-order valence-electron chi connectivity index (χ2n) is 5.31. The van der Waals surface area contributed by atoms with Gasteiger partial charge in [-0.05, 0) is 30.3 Å². The highest BCUT2D eigenvalue weighted by atomic mass is 16.6. The fourth-order valence-corrected chi connectivity index (χ4v) is 2.12. The summed E-state index contributed by atoms with van der Waals surface area (Å²) in [6.45, 7) is 1.04. The highest BCUT2D eigenvalue weighted by Crippen LogP contribution is 2.28. The van der Waals surface area contributed by atoms with Crippen LogP contribution in [0.1, 0.15) is 17.3 Å². The first-order valence-electron chi connectivity index (χ1n) is 7.90. The van der Waals surface area contributed by atoms with E-state index >= 15 is 0 Å². The molecule has 8 heteroatoms. The smallest absolute Gasteiger partial charge is 0.343 e. The summed E-state index contributed by atoms with van der Waals surface area (Å²) in [4.78, 5) is 34.7. The molecule has 1 N–H and O–H groups in total. The Balaban J connectivity index is 2.10. The number of carbonyl (C=O) groups excluding carboxylic acids is 3. The van der Waals surface area contributed by atoms with Crippen LogP contribution in [-0.4, -0.2) is 38.7 Å². The van der Waals surface area contributed by atoms with Gasteiger partial charge in [0.15, 0.2) is 18.1 Å². The number of nitrogens with one attached hydrogen (secondary N) is 1. The topological polar surface area (TPSA) is 100 Å². The quantitative estimate of drug-likeness (QED) is 0.588. The molecular weight excluding hydrogens is 354 g/mol. The van der Waals surface area contributed by atoms with Crippen LogP contribution in [0.25, 0.3) is 0 Å². The van der Waals surface area contributed by atoms with Crippen LogP contribution in [-0.2, 0) is 14.3 Å². The van der Waals surface area contributed by atoms with Crippen molar-refractivity contribution < 1.29 is 33.3 Å². The summed E-state index contributed by atoms with van der Waals surface area (Å²) >= 11 is 0. The van der Waals surface area contributed by atoms with Crippen LogP contribution in [0, 0.1) is 0 Å². The third-order valence-electron chi connectivity index (χ3n) is 3.36. The Kier molecular flexibility index (Phi) is 6.76. The van der Waals surface area contributed by atoms with Crippen molar-refractivity contribution in [3.8, 4) is 17.2 Å². The zero-order chi connectivity index (χ0) is 19.8. The van der Waals surface area contributed by atoms with Gasteiger partial charge in [-0.25, -0.2) is 4.79 Å². The number of methoxy groups -OCH3 is 2. The Morgan fingerprint density at radius 2 is 1.78 bits per heavy atom. The van der Waals surface area contributed by atoms with Gasteiger partial charge in [0.05, 0.1) is 14.2 Å². The van der Waals surface area contributed by atoms with Crippen molar-refractivity contribution in [3.05, 3.63) is 48.0 Å². The lowest BCUT2D eigenvalue weighted by Gasteiger charge is -2.11. The minimum Gasteiger partial charge on any atom is -0.493 e. The van der Waals surface area contributed by atoms with Crippen LogP contribution in [0.15, 0.2) is 42.5 Å². The minimum absolute atomic E-state index is 0.222. The molecule has 2 aromatic rings. The first-order chi connectivity index (χ1) is 12.9. The zero-order valence-electron chi connectivity index (χ0n) is 15.1. The predicted octanol–water partition coefficient (Wildman–Crippen LogP) is 2.42. The summed E-state index contributed by atoms with van der Waals surface area (Å²) in [6.07, 6.45) is 0. The van der Waals surface area contributed by atoms with E-state index in [-0.39, 0.29) is 18.1 Å². The Labute approximate surface area is 156 Å². The van der Waals surface area contributed by atoms with Gasteiger partial charge in [0.25, 0.3) is 5.91 Å². The van der Waals surface area contributed by atoms with Gasteiger partial charge in [-0.1, -0.05) is 6.07 Å². The standard InChI is InChI=1S/C19H19NO7/c1-12(21)27-16-8-7-13(9-17(16)24-2)19(23)20-14-5-4-6-15(10-14)26-11-18(22)25-3/h4-10H,11H2,1-3H3,(H,20,23). The average Bonchev–Trinajstić information content (AvgIpc) is 2.66. The average molecular weight is 373 g/mol. The summed E-state index contributed by atoms with van der Waals surface area (Å²) in [5, 5.41) is 2.71. The second-order valence-corrected chi connectivity index (χ2v) is 5.31. The predicted molar refractivity (Wildman–Crippen MR) is 96.2 cm³/mol. The van der Waals surface area contributed by atoms with E-state index in [2.05, 4.69) is 10.1 Å². The van der Waals surface area contributed by atoms with Gasteiger partial charge in [0.2, 0.25) is 0 Å². The molecule has 0 radical (unpaired) electrons. The highest BCUT2D eigenvalue weighted by molar-refractivity contribution is 6.04. The summed E-state index contributed by atoms with van der Waals surface area (Å²) in [6, 6.07) is 11.0. The molecule has 0 aromatic heterocycles. The Morgan fingerprint density at radius 3 is 2.44 bits per heavy atom. The van der Waals surface area contributed by atoms with Crippen molar-refractivity contribution in [2.75, 3.05) is 26.1 Å². The molecule has 0 spiro atoms. The van der Waals surface area contributed by atoms with E-state index in [9.17, 15) is 14.4 Å². The number of amides is 1. The van der Waals surface area contributed by atoms with Crippen molar-refractivity contribution in [2.45, 2.75) is 6.92 Å². The summed E-state index contributed by atoms with van der Waals surface area (Å²) in [7, 11) is 2.68. The third kappa shape index (κ3) is 5.74. The number of ether oxygens (including phenoxy) is 4. The van der Waals surface area contributed by atoms with E-state index in [1.165, 1.54) is 39.3 Å². The van der Waals surface area contributed by atoms with E-state index in [1.54, 1.807) is 24.3 Å². The van der Waals surface area contributed by atoms with Crippen molar-refractivity contribution in [2.24, 2.45) is 0 Å². The van der Waals surface area contributed by atoms with Crippen LogP contribution in [0.5, 0.6) is 17.2 Å². The molecule has 0 unspecified atom stereocenters. The molecule has 142 valence electrons. The second kappa shape index (κ2) is 9.23. The van der Waals surface area contributed by atoms with E-state index in [1.807, 2.05) is 0 Å². The molecule has 0 aliphatic rings. The number of anilines is 1. The van der Waals surface area contributed by atoms with Crippen molar-refractivity contribution in [3.63, 3.8) is 0 Å². The molecule has 0 bridgehead atoms. The maximum absolute atomic E-state index is 12.5. The van der Waals surface area contributed by atoms with Gasteiger partial charge < -0.3 is 24.3 Å². The molecule has 1 amide bonds. The molecular formula is C19H19NO7. The van der Waals surface area contributed by atoms with Crippen LogP contribution >= 0.6 is 0 Å². The molecule has 2 rings (SSSR count). The molecule has 0 saturated heterocycles. The summed E-state index contributed by atoms with van der Waals surface area (Å²) in [5.41, 5.74) is 0.786. The van der Waals surface area contributed by atoms with E-state index in [4.69, 9.17) is 14.2 Å².